The lowest BCUT2D eigenvalue weighted by atomic mass is 10.1. The molecule has 34 heavy (non-hydrogen) atoms. The zero-order chi connectivity index (χ0) is 24.9. The van der Waals surface area contributed by atoms with E-state index in [9.17, 15) is 28.1 Å². The maximum absolute atomic E-state index is 12.6. The summed E-state index contributed by atoms with van der Waals surface area (Å²) in [7, 11) is -3.96. The fourth-order valence-electron chi connectivity index (χ4n) is 3.00. The number of anilines is 1. The summed E-state index contributed by atoms with van der Waals surface area (Å²) in [4.78, 5) is 35.2. The van der Waals surface area contributed by atoms with Crippen LogP contribution in [0.5, 0.6) is 0 Å². The molecule has 0 bridgehead atoms. The zero-order valence-corrected chi connectivity index (χ0v) is 19.0. The van der Waals surface area contributed by atoms with Crippen molar-refractivity contribution < 1.29 is 32.1 Å². The first-order valence-electron chi connectivity index (χ1n) is 9.92. The number of aryl methyl sites for hydroxylation is 2. The number of carbonyl (C=O) groups excluding carboxylic acids is 2. The normalized spacial score (nSPS) is 11.1. The molecule has 2 N–H and O–H groups in total. The first-order valence-corrected chi connectivity index (χ1v) is 11.4. The molecule has 0 fully saturated rings. The van der Waals surface area contributed by atoms with Gasteiger partial charge in [0.25, 0.3) is 11.6 Å². The first-order chi connectivity index (χ1) is 16.1. The summed E-state index contributed by atoms with van der Waals surface area (Å²) in [6.07, 6.45) is 1.41. The van der Waals surface area contributed by atoms with E-state index in [1.165, 1.54) is 30.5 Å². The van der Waals surface area contributed by atoms with Gasteiger partial charge in [-0.3, -0.25) is 14.9 Å². The third kappa shape index (κ3) is 5.85. The molecule has 0 aliphatic rings. The van der Waals surface area contributed by atoms with Gasteiger partial charge in [-0.2, -0.15) is 0 Å². The Bertz CT molecular complexity index is 1330. The second-order valence-electron chi connectivity index (χ2n) is 7.23. The van der Waals surface area contributed by atoms with Crippen LogP contribution >= 0.6 is 0 Å². The van der Waals surface area contributed by atoms with Crippen molar-refractivity contribution in [2.75, 3.05) is 11.9 Å². The van der Waals surface area contributed by atoms with E-state index in [2.05, 4.69) is 10.0 Å². The number of hydrogen-bond donors (Lipinski definition) is 2. The Hall–Kier alpha value is -4.03. The molecule has 3 aromatic rings. The van der Waals surface area contributed by atoms with Gasteiger partial charge in [0.05, 0.1) is 28.2 Å². The highest BCUT2D eigenvalue weighted by Crippen LogP contribution is 2.27. The number of nitro groups is 1. The molecule has 3 rings (SSSR count). The van der Waals surface area contributed by atoms with Gasteiger partial charge in [-0.05, 0) is 49.2 Å². The highest BCUT2D eigenvalue weighted by atomic mass is 32.2. The van der Waals surface area contributed by atoms with Crippen LogP contribution in [0.2, 0.25) is 0 Å². The van der Waals surface area contributed by atoms with Gasteiger partial charge in [0.1, 0.15) is 11.4 Å². The average Bonchev–Trinajstić information content (AvgIpc) is 3.31. The average molecular weight is 487 g/mol. The van der Waals surface area contributed by atoms with E-state index >= 15 is 0 Å². The monoisotopic (exact) mass is 487 g/mol. The molecule has 1 heterocycles. The molecule has 12 heteroatoms. The molecule has 2 aromatic carbocycles. The standard InChI is InChI=1S/C22H21N3O8S/c1-14-8-9-17(34(30,31)23-12-16-6-4-10-32-16)11-18(14)22(27)33-13-20(26)24-21-15(2)5-3-7-19(21)25(28)29/h3-11,23H,12-13H2,1-2H3,(H,24,26). The second-order valence-corrected chi connectivity index (χ2v) is 9.00. The molecule has 0 saturated heterocycles. The lowest BCUT2D eigenvalue weighted by Crippen LogP contribution is -2.24. The van der Waals surface area contributed by atoms with Crippen LogP contribution in [-0.4, -0.2) is 31.8 Å². The third-order valence-corrected chi connectivity index (χ3v) is 6.20. The quantitative estimate of drug-likeness (QED) is 0.265. The first kappa shape index (κ1) is 24.6. The van der Waals surface area contributed by atoms with E-state index in [-0.39, 0.29) is 28.4 Å². The van der Waals surface area contributed by atoms with Gasteiger partial charge in [-0.1, -0.05) is 18.2 Å². The van der Waals surface area contributed by atoms with Crippen LogP contribution in [-0.2, 0) is 26.1 Å². The number of sulfonamides is 1. The topological polar surface area (TPSA) is 158 Å². The van der Waals surface area contributed by atoms with Gasteiger partial charge in [-0.25, -0.2) is 17.9 Å². The minimum atomic E-state index is -3.96. The number of benzene rings is 2. The summed E-state index contributed by atoms with van der Waals surface area (Å²) in [6.45, 7) is 2.37. The van der Waals surface area contributed by atoms with E-state index in [0.717, 1.165) is 6.07 Å². The second kappa shape index (κ2) is 10.3. The van der Waals surface area contributed by atoms with Gasteiger partial charge in [-0.15, -0.1) is 0 Å². The summed E-state index contributed by atoms with van der Waals surface area (Å²) in [5.74, 6) is -1.29. The number of carbonyl (C=O) groups is 2. The molecule has 0 aliphatic carbocycles. The molecular weight excluding hydrogens is 466 g/mol. The number of nitrogens with zero attached hydrogens (tertiary/aromatic N) is 1. The van der Waals surface area contributed by atoms with Gasteiger partial charge < -0.3 is 14.5 Å². The Morgan fingerprint density at radius 2 is 1.85 bits per heavy atom. The molecule has 1 aromatic heterocycles. The predicted octanol–water partition coefficient (Wildman–Crippen LogP) is 3.08. The molecule has 0 saturated carbocycles. The van der Waals surface area contributed by atoms with Crippen LogP contribution in [0.25, 0.3) is 0 Å². The highest BCUT2D eigenvalue weighted by Gasteiger charge is 2.21. The Morgan fingerprint density at radius 1 is 1.09 bits per heavy atom. The van der Waals surface area contributed by atoms with Crippen LogP contribution in [0.3, 0.4) is 0 Å². The van der Waals surface area contributed by atoms with Gasteiger partial charge in [0.2, 0.25) is 10.0 Å². The number of nitro benzene ring substituents is 1. The van der Waals surface area contributed by atoms with Crippen LogP contribution in [0.4, 0.5) is 11.4 Å². The predicted molar refractivity (Wildman–Crippen MR) is 121 cm³/mol. The van der Waals surface area contributed by atoms with Crippen molar-refractivity contribution >= 4 is 33.3 Å². The maximum Gasteiger partial charge on any atom is 0.338 e. The largest absolute Gasteiger partial charge is 0.468 e. The van der Waals surface area contributed by atoms with E-state index in [1.54, 1.807) is 32.0 Å². The summed E-state index contributed by atoms with van der Waals surface area (Å²) < 4.78 is 37.6. The molecule has 0 unspecified atom stereocenters. The number of nitrogens with one attached hydrogen (secondary N) is 2. The summed E-state index contributed by atoms with van der Waals surface area (Å²) in [5.41, 5.74) is 0.557. The molecular formula is C22H21N3O8S. The Morgan fingerprint density at radius 3 is 2.53 bits per heavy atom. The van der Waals surface area contributed by atoms with Crippen molar-refractivity contribution in [3.05, 3.63) is 87.4 Å². The molecule has 178 valence electrons. The Balaban J connectivity index is 1.68. The lowest BCUT2D eigenvalue weighted by Gasteiger charge is -2.11. The molecule has 11 nitrogen and oxygen atoms in total. The van der Waals surface area contributed by atoms with Crippen LogP contribution in [0, 0.1) is 24.0 Å². The van der Waals surface area contributed by atoms with E-state index in [1.807, 2.05) is 0 Å². The third-order valence-electron chi connectivity index (χ3n) is 4.80. The summed E-state index contributed by atoms with van der Waals surface area (Å²) in [6, 6.07) is 11.5. The minimum Gasteiger partial charge on any atom is -0.468 e. The number of esters is 1. The molecule has 0 radical (unpaired) electrons. The maximum atomic E-state index is 12.6. The fourth-order valence-corrected chi connectivity index (χ4v) is 4.02. The Labute approximate surface area is 194 Å². The molecule has 1 amide bonds. The fraction of sp³-hybridized carbons (Fsp3) is 0.182. The van der Waals surface area contributed by atoms with Gasteiger partial charge in [0.15, 0.2) is 6.61 Å². The number of ether oxygens (including phenoxy) is 1. The molecule has 0 atom stereocenters. The number of furan rings is 1. The van der Waals surface area contributed by atoms with Gasteiger partial charge >= 0.3 is 5.97 Å². The van der Waals surface area contributed by atoms with Crippen LogP contribution in [0.1, 0.15) is 27.2 Å². The van der Waals surface area contributed by atoms with Crippen molar-refractivity contribution in [1.29, 1.82) is 0 Å². The van der Waals surface area contributed by atoms with E-state index in [0.29, 0.717) is 16.9 Å². The number of amides is 1. The Kier molecular flexibility index (Phi) is 7.44. The van der Waals surface area contributed by atoms with Crippen molar-refractivity contribution in [2.24, 2.45) is 0 Å². The van der Waals surface area contributed by atoms with Crippen LogP contribution in [0.15, 0.2) is 64.1 Å². The van der Waals surface area contributed by atoms with Gasteiger partial charge in [0, 0.05) is 6.07 Å². The minimum absolute atomic E-state index is 0.000418. The molecule has 0 aliphatic heterocycles. The number of hydrogen-bond acceptors (Lipinski definition) is 8. The smallest absolute Gasteiger partial charge is 0.338 e. The highest BCUT2D eigenvalue weighted by molar-refractivity contribution is 7.89. The van der Waals surface area contributed by atoms with Crippen molar-refractivity contribution in [1.82, 2.24) is 4.72 Å². The van der Waals surface area contributed by atoms with Crippen molar-refractivity contribution in [3.63, 3.8) is 0 Å². The van der Waals surface area contributed by atoms with E-state index < -0.39 is 33.4 Å². The molecule has 0 spiro atoms. The summed E-state index contributed by atoms with van der Waals surface area (Å²) in [5, 5.41) is 13.6. The number of para-hydroxylation sites is 1. The zero-order valence-electron chi connectivity index (χ0n) is 18.2. The summed E-state index contributed by atoms with van der Waals surface area (Å²) >= 11 is 0. The van der Waals surface area contributed by atoms with Crippen molar-refractivity contribution in [3.8, 4) is 0 Å². The lowest BCUT2D eigenvalue weighted by molar-refractivity contribution is -0.384. The SMILES string of the molecule is Cc1ccc(S(=O)(=O)NCc2ccco2)cc1C(=O)OCC(=O)Nc1c(C)cccc1[N+](=O)[O-]. The van der Waals surface area contributed by atoms with Crippen LogP contribution < -0.4 is 10.0 Å². The number of rotatable bonds is 9. The van der Waals surface area contributed by atoms with E-state index in [4.69, 9.17) is 9.15 Å². The van der Waals surface area contributed by atoms with Crippen molar-refractivity contribution in [2.45, 2.75) is 25.3 Å².